The molecule has 0 bridgehead atoms. The summed E-state index contributed by atoms with van der Waals surface area (Å²) in [6, 6.07) is 7.56. The van der Waals surface area contributed by atoms with Gasteiger partial charge in [-0.2, -0.15) is 13.2 Å². The average molecular weight is 433 g/mol. The Morgan fingerprint density at radius 2 is 1.68 bits per heavy atom. The van der Waals surface area contributed by atoms with Crippen LogP contribution < -0.4 is 10.2 Å². The van der Waals surface area contributed by atoms with E-state index >= 15 is 0 Å². The lowest BCUT2D eigenvalue weighted by atomic mass is 9.94. The van der Waals surface area contributed by atoms with Gasteiger partial charge in [0.05, 0.1) is 0 Å². The van der Waals surface area contributed by atoms with Crippen molar-refractivity contribution in [1.29, 1.82) is 0 Å². The van der Waals surface area contributed by atoms with Crippen LogP contribution in [-0.4, -0.2) is 29.0 Å². The first-order valence-corrected chi connectivity index (χ1v) is 10.5. The number of benzene rings is 1. The van der Waals surface area contributed by atoms with Crippen molar-refractivity contribution in [2.24, 2.45) is 0 Å². The minimum atomic E-state index is -5.14. The molecule has 1 fully saturated rings. The van der Waals surface area contributed by atoms with Gasteiger partial charge in [-0.05, 0) is 54.7 Å². The van der Waals surface area contributed by atoms with Gasteiger partial charge in [0.2, 0.25) is 5.91 Å². The maximum Gasteiger partial charge on any atom is 0.471 e. The van der Waals surface area contributed by atoms with Crippen LogP contribution in [-0.2, 0) is 16.0 Å². The predicted molar refractivity (Wildman–Crippen MR) is 111 cm³/mol. The lowest BCUT2D eigenvalue weighted by molar-refractivity contribution is -0.171. The number of halogens is 3. The molecule has 1 N–H and O–H groups in total. The third-order valence-corrected chi connectivity index (χ3v) is 5.56. The van der Waals surface area contributed by atoms with E-state index in [-0.39, 0.29) is 17.3 Å². The number of amides is 2. The second-order valence-electron chi connectivity index (χ2n) is 7.72. The van der Waals surface area contributed by atoms with Crippen LogP contribution in [0.25, 0.3) is 0 Å². The minimum absolute atomic E-state index is 0.0140. The number of pyridine rings is 1. The van der Waals surface area contributed by atoms with Gasteiger partial charge in [-0.25, -0.2) is 0 Å². The molecule has 0 saturated heterocycles. The molecule has 1 saturated carbocycles. The van der Waals surface area contributed by atoms with Crippen molar-refractivity contribution in [3.63, 3.8) is 0 Å². The fraction of sp³-hybridized carbons (Fsp3) is 0.435. The van der Waals surface area contributed by atoms with Gasteiger partial charge in [0, 0.05) is 24.1 Å². The van der Waals surface area contributed by atoms with E-state index in [0.717, 1.165) is 37.7 Å². The number of rotatable bonds is 6. The van der Waals surface area contributed by atoms with Gasteiger partial charge >= 0.3 is 12.1 Å². The molecule has 0 aliphatic heterocycles. The Kier molecular flexibility index (Phi) is 7.30. The van der Waals surface area contributed by atoms with Crippen molar-refractivity contribution in [3.05, 3.63) is 59.9 Å². The molecule has 2 amide bonds. The molecule has 166 valence electrons. The summed E-state index contributed by atoms with van der Waals surface area (Å²) in [5, 5.41) is 2.88. The SMILES string of the molecule is CCc1ccc(N(C(=O)C(F)(F)F)[C@H](C(=O)NC2CCCCC2)c2ccncc2)cc1. The molecule has 1 aromatic heterocycles. The number of aromatic nitrogens is 1. The van der Waals surface area contributed by atoms with E-state index in [2.05, 4.69) is 10.3 Å². The van der Waals surface area contributed by atoms with Crippen LogP contribution in [0.1, 0.15) is 56.2 Å². The van der Waals surface area contributed by atoms with Gasteiger partial charge in [-0.3, -0.25) is 19.5 Å². The zero-order chi connectivity index (χ0) is 22.4. The lowest BCUT2D eigenvalue weighted by Gasteiger charge is -2.33. The first kappa shape index (κ1) is 22.8. The summed E-state index contributed by atoms with van der Waals surface area (Å²) >= 11 is 0. The van der Waals surface area contributed by atoms with Crippen LogP contribution in [0.5, 0.6) is 0 Å². The summed E-state index contributed by atoms with van der Waals surface area (Å²) in [7, 11) is 0. The summed E-state index contributed by atoms with van der Waals surface area (Å²) in [5.41, 5.74) is 1.19. The molecule has 1 atom stereocenters. The number of hydrogen-bond acceptors (Lipinski definition) is 3. The molecule has 5 nitrogen and oxygen atoms in total. The zero-order valence-electron chi connectivity index (χ0n) is 17.4. The minimum Gasteiger partial charge on any atom is -0.351 e. The average Bonchev–Trinajstić information content (AvgIpc) is 2.77. The molecule has 1 aliphatic carbocycles. The maximum absolute atomic E-state index is 13.6. The fourth-order valence-electron chi connectivity index (χ4n) is 3.90. The van der Waals surface area contributed by atoms with Crippen molar-refractivity contribution in [2.45, 2.75) is 63.7 Å². The Bertz CT molecular complexity index is 879. The Morgan fingerprint density at radius 3 is 2.23 bits per heavy atom. The van der Waals surface area contributed by atoms with Crippen molar-refractivity contribution in [3.8, 4) is 0 Å². The molecule has 3 rings (SSSR count). The van der Waals surface area contributed by atoms with Crippen LogP contribution in [0.3, 0.4) is 0 Å². The summed E-state index contributed by atoms with van der Waals surface area (Å²) in [4.78, 5) is 30.3. The van der Waals surface area contributed by atoms with Crippen molar-refractivity contribution >= 4 is 17.5 Å². The molecule has 1 aromatic carbocycles. The molecule has 0 unspecified atom stereocenters. The topological polar surface area (TPSA) is 62.3 Å². The summed E-state index contributed by atoms with van der Waals surface area (Å²) in [5.74, 6) is -2.72. The van der Waals surface area contributed by atoms with E-state index in [9.17, 15) is 22.8 Å². The van der Waals surface area contributed by atoms with E-state index in [1.807, 2.05) is 6.92 Å². The van der Waals surface area contributed by atoms with E-state index in [1.54, 1.807) is 12.1 Å². The molecule has 0 radical (unpaired) electrons. The number of carbonyl (C=O) groups excluding carboxylic acids is 2. The number of nitrogens with zero attached hydrogens (tertiary/aromatic N) is 2. The molecule has 8 heteroatoms. The Balaban J connectivity index is 2.05. The van der Waals surface area contributed by atoms with Crippen LogP contribution in [0.15, 0.2) is 48.8 Å². The Hall–Kier alpha value is -2.90. The van der Waals surface area contributed by atoms with E-state index < -0.39 is 24.0 Å². The number of carbonyl (C=O) groups is 2. The fourth-order valence-corrected chi connectivity index (χ4v) is 3.90. The molecule has 1 aliphatic rings. The Labute approximate surface area is 179 Å². The molecule has 31 heavy (non-hydrogen) atoms. The normalized spacial score (nSPS) is 15.9. The largest absolute Gasteiger partial charge is 0.471 e. The van der Waals surface area contributed by atoms with E-state index in [0.29, 0.717) is 11.3 Å². The Morgan fingerprint density at radius 1 is 1.06 bits per heavy atom. The van der Waals surface area contributed by atoms with Crippen LogP contribution in [0.2, 0.25) is 0 Å². The lowest BCUT2D eigenvalue weighted by Crippen LogP contribution is -2.50. The zero-order valence-corrected chi connectivity index (χ0v) is 17.4. The highest BCUT2D eigenvalue weighted by Gasteiger charge is 2.47. The molecule has 0 spiro atoms. The van der Waals surface area contributed by atoms with Crippen molar-refractivity contribution in [2.75, 3.05) is 4.90 Å². The second kappa shape index (κ2) is 9.94. The summed E-state index contributed by atoms with van der Waals surface area (Å²) in [6.45, 7) is 1.92. The van der Waals surface area contributed by atoms with Gasteiger partial charge in [0.25, 0.3) is 0 Å². The third kappa shape index (κ3) is 5.62. The molecular weight excluding hydrogens is 407 g/mol. The second-order valence-corrected chi connectivity index (χ2v) is 7.72. The maximum atomic E-state index is 13.6. The van der Waals surface area contributed by atoms with Crippen LogP contribution >= 0.6 is 0 Å². The smallest absolute Gasteiger partial charge is 0.351 e. The van der Waals surface area contributed by atoms with Gasteiger partial charge < -0.3 is 5.32 Å². The highest BCUT2D eigenvalue weighted by Crippen LogP contribution is 2.33. The van der Waals surface area contributed by atoms with Crippen LogP contribution in [0.4, 0.5) is 18.9 Å². The highest BCUT2D eigenvalue weighted by atomic mass is 19.4. The number of hydrogen-bond donors (Lipinski definition) is 1. The van der Waals surface area contributed by atoms with Gasteiger partial charge in [0.1, 0.15) is 6.04 Å². The number of aryl methyl sites for hydroxylation is 1. The van der Waals surface area contributed by atoms with E-state index in [4.69, 9.17) is 0 Å². The quantitative estimate of drug-likeness (QED) is 0.717. The number of anilines is 1. The molecule has 1 heterocycles. The highest BCUT2D eigenvalue weighted by molar-refractivity contribution is 6.03. The first-order valence-electron chi connectivity index (χ1n) is 10.5. The van der Waals surface area contributed by atoms with Gasteiger partial charge in [0.15, 0.2) is 0 Å². The van der Waals surface area contributed by atoms with Gasteiger partial charge in [-0.1, -0.05) is 38.3 Å². The van der Waals surface area contributed by atoms with Crippen LogP contribution in [0, 0.1) is 0 Å². The first-order chi connectivity index (χ1) is 14.8. The van der Waals surface area contributed by atoms with Crippen molar-refractivity contribution in [1.82, 2.24) is 10.3 Å². The van der Waals surface area contributed by atoms with E-state index in [1.165, 1.54) is 36.7 Å². The van der Waals surface area contributed by atoms with Crippen molar-refractivity contribution < 1.29 is 22.8 Å². The predicted octanol–water partition coefficient (Wildman–Crippen LogP) is 4.73. The number of alkyl halides is 3. The summed E-state index contributed by atoms with van der Waals surface area (Å²) in [6.07, 6.45) is 2.87. The monoisotopic (exact) mass is 433 g/mol. The molecular formula is C23H26F3N3O2. The standard InChI is InChI=1S/C23H26F3N3O2/c1-2-16-8-10-19(11-9-16)29(22(31)23(24,25)26)20(17-12-14-27-15-13-17)21(30)28-18-6-4-3-5-7-18/h8-15,18,20H,2-7H2,1H3,(H,28,30)/t20-/m0/s1. The number of nitrogens with one attached hydrogen (secondary N) is 1. The molecule has 2 aromatic rings. The summed E-state index contributed by atoms with van der Waals surface area (Å²) < 4.78 is 40.8. The van der Waals surface area contributed by atoms with Gasteiger partial charge in [-0.15, -0.1) is 0 Å². The third-order valence-electron chi connectivity index (χ3n) is 5.56.